The highest BCUT2D eigenvalue weighted by Gasteiger charge is 2.15. The molecule has 0 radical (unpaired) electrons. The molecule has 0 saturated heterocycles. The fraction of sp³-hybridized carbons (Fsp3) is 0.217. The molecule has 178 valence electrons. The zero-order valence-corrected chi connectivity index (χ0v) is 19.9. The van der Waals surface area contributed by atoms with Gasteiger partial charge >= 0.3 is 6.03 Å². The zero-order valence-electron chi connectivity index (χ0n) is 18.3. The Balaban J connectivity index is 1.47. The Kier molecular flexibility index (Phi) is 9.03. The maximum atomic E-state index is 12.3. The Bertz CT molecular complexity index is 1130. The van der Waals surface area contributed by atoms with E-state index in [0.29, 0.717) is 45.8 Å². The number of carbonyl (C=O) groups excluding carboxylic acids is 2. The van der Waals surface area contributed by atoms with Gasteiger partial charge < -0.3 is 21.1 Å². The lowest BCUT2D eigenvalue weighted by atomic mass is 10.1. The first kappa shape index (κ1) is 25.2. The van der Waals surface area contributed by atoms with E-state index in [1.165, 1.54) is 6.20 Å². The van der Waals surface area contributed by atoms with Crippen LogP contribution >= 0.6 is 23.2 Å². The number of amides is 3. The molecule has 0 fully saturated rings. The summed E-state index contributed by atoms with van der Waals surface area (Å²) < 4.78 is 5.77. The fourth-order valence-corrected chi connectivity index (χ4v) is 3.15. The molecular weight excluding hydrogens is 479 g/mol. The Hall–Kier alpha value is -3.40. The van der Waals surface area contributed by atoms with E-state index in [0.717, 1.165) is 5.69 Å². The van der Waals surface area contributed by atoms with Crippen LogP contribution in [0.4, 0.5) is 16.3 Å². The van der Waals surface area contributed by atoms with Crippen molar-refractivity contribution in [1.29, 1.82) is 0 Å². The van der Waals surface area contributed by atoms with E-state index in [4.69, 9.17) is 33.7 Å². The first-order chi connectivity index (χ1) is 16.3. The summed E-state index contributed by atoms with van der Waals surface area (Å²) in [5.41, 5.74) is 7.78. The minimum Gasteiger partial charge on any atom is -0.491 e. The molecule has 0 spiro atoms. The van der Waals surface area contributed by atoms with Gasteiger partial charge in [0.05, 0.1) is 30.4 Å². The van der Waals surface area contributed by atoms with E-state index in [-0.39, 0.29) is 12.5 Å². The molecule has 0 saturated carbocycles. The van der Waals surface area contributed by atoms with Gasteiger partial charge in [-0.2, -0.15) is 0 Å². The number of aryl methyl sites for hydroxylation is 1. The molecule has 3 rings (SSSR count). The SMILES string of the molecule is Cc1cnc(NC(=O)Nc2cc(Cl)ccc2OCCCNC(=O)C(N)c2ccc(Cl)cc2)cn1. The molecule has 3 amide bonds. The topological polar surface area (TPSA) is 131 Å². The second kappa shape index (κ2) is 12.2. The average Bonchev–Trinajstić information content (AvgIpc) is 2.81. The quantitative estimate of drug-likeness (QED) is 0.322. The van der Waals surface area contributed by atoms with Gasteiger partial charge in [0.2, 0.25) is 5.91 Å². The number of aromatic nitrogens is 2. The molecule has 0 aliphatic carbocycles. The van der Waals surface area contributed by atoms with Gasteiger partial charge in [-0.1, -0.05) is 35.3 Å². The van der Waals surface area contributed by atoms with E-state index in [1.54, 1.807) is 55.6 Å². The molecule has 34 heavy (non-hydrogen) atoms. The van der Waals surface area contributed by atoms with E-state index in [2.05, 4.69) is 25.9 Å². The monoisotopic (exact) mass is 502 g/mol. The third-order valence-electron chi connectivity index (χ3n) is 4.60. The highest BCUT2D eigenvalue weighted by Crippen LogP contribution is 2.28. The fourth-order valence-electron chi connectivity index (χ4n) is 2.85. The molecule has 5 N–H and O–H groups in total. The Morgan fingerprint density at radius 1 is 1.03 bits per heavy atom. The van der Waals surface area contributed by atoms with Crippen LogP contribution < -0.4 is 26.4 Å². The Labute approximate surface area is 207 Å². The minimum absolute atomic E-state index is 0.290. The van der Waals surface area contributed by atoms with Gasteiger partial charge in [0, 0.05) is 16.6 Å². The van der Waals surface area contributed by atoms with Crippen LogP contribution in [0.2, 0.25) is 10.0 Å². The number of halogens is 2. The maximum absolute atomic E-state index is 12.3. The van der Waals surface area contributed by atoms with E-state index < -0.39 is 12.1 Å². The van der Waals surface area contributed by atoms with Crippen molar-refractivity contribution < 1.29 is 14.3 Å². The van der Waals surface area contributed by atoms with Gasteiger partial charge in [-0.3, -0.25) is 15.1 Å². The van der Waals surface area contributed by atoms with Crippen LogP contribution in [-0.2, 0) is 4.79 Å². The summed E-state index contributed by atoms with van der Waals surface area (Å²) in [7, 11) is 0. The number of anilines is 2. The molecule has 1 unspecified atom stereocenters. The van der Waals surface area contributed by atoms with E-state index in [9.17, 15) is 9.59 Å². The van der Waals surface area contributed by atoms with Crippen molar-refractivity contribution in [3.63, 3.8) is 0 Å². The molecular formula is C23H24Cl2N6O3. The van der Waals surface area contributed by atoms with Gasteiger partial charge in [-0.25, -0.2) is 9.78 Å². The summed E-state index contributed by atoms with van der Waals surface area (Å²) >= 11 is 11.9. The smallest absolute Gasteiger partial charge is 0.325 e. The van der Waals surface area contributed by atoms with Crippen LogP contribution in [0.1, 0.15) is 23.7 Å². The van der Waals surface area contributed by atoms with Crippen molar-refractivity contribution in [2.24, 2.45) is 5.73 Å². The number of hydrogen-bond donors (Lipinski definition) is 4. The molecule has 1 heterocycles. The molecule has 0 aliphatic heterocycles. The molecule has 3 aromatic rings. The zero-order chi connectivity index (χ0) is 24.5. The van der Waals surface area contributed by atoms with Crippen molar-refractivity contribution in [3.8, 4) is 5.75 Å². The van der Waals surface area contributed by atoms with Crippen molar-refractivity contribution in [1.82, 2.24) is 15.3 Å². The summed E-state index contributed by atoms with van der Waals surface area (Å²) in [6.07, 6.45) is 3.52. The number of carbonyl (C=O) groups is 2. The number of hydrogen-bond acceptors (Lipinski definition) is 6. The second-order valence-corrected chi connectivity index (χ2v) is 8.16. The molecule has 0 bridgehead atoms. The van der Waals surface area contributed by atoms with Crippen molar-refractivity contribution in [2.45, 2.75) is 19.4 Å². The molecule has 2 aromatic carbocycles. The van der Waals surface area contributed by atoms with Crippen molar-refractivity contribution >= 4 is 46.6 Å². The lowest BCUT2D eigenvalue weighted by Gasteiger charge is -2.15. The largest absolute Gasteiger partial charge is 0.491 e. The van der Waals surface area contributed by atoms with Crippen LogP contribution in [0.3, 0.4) is 0 Å². The number of benzene rings is 2. The van der Waals surface area contributed by atoms with E-state index in [1.807, 2.05) is 0 Å². The molecule has 1 atom stereocenters. The Morgan fingerprint density at radius 2 is 1.76 bits per heavy atom. The average molecular weight is 503 g/mol. The van der Waals surface area contributed by atoms with Crippen LogP contribution in [0.5, 0.6) is 5.75 Å². The molecule has 9 nitrogen and oxygen atoms in total. The second-order valence-electron chi connectivity index (χ2n) is 7.28. The predicted molar refractivity (Wildman–Crippen MR) is 132 cm³/mol. The predicted octanol–water partition coefficient (Wildman–Crippen LogP) is 4.32. The number of ether oxygens (including phenoxy) is 1. The summed E-state index contributed by atoms with van der Waals surface area (Å²) in [5, 5.41) is 9.06. The highest BCUT2D eigenvalue weighted by molar-refractivity contribution is 6.31. The van der Waals surface area contributed by atoms with Crippen LogP contribution in [0.25, 0.3) is 0 Å². The normalized spacial score (nSPS) is 11.4. The lowest BCUT2D eigenvalue weighted by Crippen LogP contribution is -2.35. The first-order valence-electron chi connectivity index (χ1n) is 10.4. The molecule has 11 heteroatoms. The number of nitrogens with zero attached hydrogens (tertiary/aromatic N) is 2. The van der Waals surface area contributed by atoms with Crippen LogP contribution in [0, 0.1) is 6.92 Å². The van der Waals surface area contributed by atoms with E-state index >= 15 is 0 Å². The number of nitrogens with two attached hydrogens (primary N) is 1. The molecule has 1 aromatic heterocycles. The van der Waals surface area contributed by atoms with Gasteiger partial charge in [0.1, 0.15) is 11.8 Å². The van der Waals surface area contributed by atoms with Crippen molar-refractivity contribution in [2.75, 3.05) is 23.8 Å². The third kappa shape index (κ3) is 7.58. The van der Waals surface area contributed by atoms with Gasteiger partial charge in [0.15, 0.2) is 5.82 Å². The van der Waals surface area contributed by atoms with Gasteiger partial charge in [0.25, 0.3) is 0 Å². The number of rotatable bonds is 9. The van der Waals surface area contributed by atoms with Crippen molar-refractivity contribution in [3.05, 3.63) is 76.2 Å². The first-order valence-corrected chi connectivity index (χ1v) is 11.1. The van der Waals surface area contributed by atoms with Crippen LogP contribution in [-0.4, -0.2) is 35.1 Å². The van der Waals surface area contributed by atoms with Crippen LogP contribution in [0.15, 0.2) is 54.9 Å². The maximum Gasteiger partial charge on any atom is 0.325 e. The third-order valence-corrected chi connectivity index (χ3v) is 5.09. The molecule has 0 aliphatic rings. The van der Waals surface area contributed by atoms with Gasteiger partial charge in [-0.05, 0) is 49.2 Å². The lowest BCUT2D eigenvalue weighted by molar-refractivity contribution is -0.122. The Morgan fingerprint density at radius 3 is 2.47 bits per heavy atom. The highest BCUT2D eigenvalue weighted by atomic mass is 35.5. The number of nitrogens with one attached hydrogen (secondary N) is 3. The summed E-state index contributed by atoms with van der Waals surface area (Å²) in [6, 6.07) is 10.4. The summed E-state index contributed by atoms with van der Waals surface area (Å²) in [5.74, 6) is 0.436. The standard InChI is InChI=1S/C23H24Cl2N6O3/c1-14-12-29-20(13-28-14)31-23(33)30-18-11-17(25)7-8-19(18)34-10-2-9-27-22(32)21(26)15-3-5-16(24)6-4-15/h3-8,11-13,21H,2,9-10,26H2,1H3,(H,27,32)(H2,29,30,31,33). The summed E-state index contributed by atoms with van der Waals surface area (Å²) in [4.78, 5) is 32.7. The summed E-state index contributed by atoms with van der Waals surface area (Å²) in [6.45, 7) is 2.45. The minimum atomic E-state index is -0.790. The van der Waals surface area contributed by atoms with Gasteiger partial charge in [-0.15, -0.1) is 0 Å². The number of urea groups is 1.